The zero-order valence-electron chi connectivity index (χ0n) is 14.7. The lowest BCUT2D eigenvalue weighted by molar-refractivity contribution is 0.137. The van der Waals surface area contributed by atoms with Crippen LogP contribution in [-0.4, -0.2) is 46.0 Å². The van der Waals surface area contributed by atoms with Gasteiger partial charge >= 0.3 is 6.03 Å². The minimum absolute atomic E-state index is 0.259. The number of carbonyl (C=O) groups excluding carboxylic acids is 1. The van der Waals surface area contributed by atoms with E-state index in [1.165, 1.54) is 5.56 Å². The fourth-order valence-corrected chi connectivity index (χ4v) is 4.99. The van der Waals surface area contributed by atoms with Crippen molar-refractivity contribution in [3.63, 3.8) is 0 Å². The van der Waals surface area contributed by atoms with Crippen molar-refractivity contribution < 1.29 is 9.53 Å². The first-order valence-electron chi connectivity index (χ1n) is 9.08. The summed E-state index contributed by atoms with van der Waals surface area (Å²) < 4.78 is 7.12. The number of aromatic nitrogens is 1. The van der Waals surface area contributed by atoms with E-state index in [2.05, 4.69) is 22.0 Å². The largest absolute Gasteiger partial charge is 0.431 e. The number of para-hydroxylation sites is 1. The molecule has 2 aromatic carbocycles. The molecule has 2 aliphatic heterocycles. The van der Waals surface area contributed by atoms with Crippen molar-refractivity contribution >= 4 is 27.6 Å². The first-order valence-corrected chi connectivity index (χ1v) is 9.90. The number of thiazole rings is 1. The SMILES string of the molecule is NC(=O)N1CC2CC1CN2Cc1cccc(Oc2nc3ccccc3s2)c1. The van der Waals surface area contributed by atoms with E-state index in [0.29, 0.717) is 11.2 Å². The maximum Gasteiger partial charge on any atom is 0.315 e. The molecule has 2 fully saturated rings. The van der Waals surface area contributed by atoms with Crippen LogP contribution in [-0.2, 0) is 6.54 Å². The number of rotatable bonds is 4. The molecule has 1 aromatic heterocycles. The van der Waals surface area contributed by atoms with Crippen LogP contribution >= 0.6 is 11.3 Å². The molecule has 0 aliphatic carbocycles. The lowest BCUT2D eigenvalue weighted by Crippen LogP contribution is -2.50. The molecule has 2 saturated heterocycles. The normalized spacial score (nSPS) is 21.9. The van der Waals surface area contributed by atoms with Gasteiger partial charge < -0.3 is 15.4 Å². The fraction of sp³-hybridized carbons (Fsp3) is 0.300. The summed E-state index contributed by atoms with van der Waals surface area (Å²) in [6.45, 7) is 2.48. The molecule has 2 unspecified atom stereocenters. The van der Waals surface area contributed by atoms with Crippen molar-refractivity contribution in [2.45, 2.75) is 25.0 Å². The molecule has 2 bridgehead atoms. The predicted molar refractivity (Wildman–Crippen MR) is 105 cm³/mol. The summed E-state index contributed by atoms with van der Waals surface area (Å²) in [5, 5.41) is 0.658. The number of amides is 2. The van der Waals surface area contributed by atoms with Gasteiger partial charge in [0, 0.05) is 31.7 Å². The van der Waals surface area contributed by atoms with Crippen molar-refractivity contribution in [3.8, 4) is 10.9 Å². The van der Waals surface area contributed by atoms with Gasteiger partial charge in [-0.3, -0.25) is 4.90 Å². The highest BCUT2D eigenvalue weighted by Gasteiger charge is 2.44. The zero-order chi connectivity index (χ0) is 18.4. The maximum atomic E-state index is 11.4. The summed E-state index contributed by atoms with van der Waals surface area (Å²) in [6.07, 6.45) is 1.02. The lowest BCUT2D eigenvalue weighted by Gasteiger charge is -2.33. The third-order valence-corrected chi connectivity index (χ3v) is 6.32. The minimum Gasteiger partial charge on any atom is -0.431 e. The maximum absolute atomic E-state index is 11.4. The standard InChI is InChI=1S/C20H20N4O2S/c21-19(25)24-12-14-9-15(24)11-23(14)10-13-4-3-5-16(8-13)26-20-22-17-6-1-2-7-18(17)27-20/h1-8,14-15H,9-12H2,(H2,21,25). The second-order valence-electron chi connectivity index (χ2n) is 7.16. The molecule has 0 saturated carbocycles. The molecular weight excluding hydrogens is 360 g/mol. The number of hydrogen-bond donors (Lipinski definition) is 1. The van der Waals surface area contributed by atoms with Crippen LogP contribution in [0.1, 0.15) is 12.0 Å². The molecule has 3 heterocycles. The van der Waals surface area contributed by atoms with Crippen LogP contribution in [0.25, 0.3) is 10.2 Å². The second-order valence-corrected chi connectivity index (χ2v) is 8.15. The van der Waals surface area contributed by atoms with Crippen LogP contribution in [0.2, 0.25) is 0 Å². The topological polar surface area (TPSA) is 71.7 Å². The van der Waals surface area contributed by atoms with Crippen molar-refractivity contribution in [2.24, 2.45) is 5.73 Å². The molecule has 2 aliphatic rings. The number of ether oxygens (including phenoxy) is 1. The third-order valence-electron chi connectivity index (χ3n) is 5.40. The van der Waals surface area contributed by atoms with Crippen LogP contribution in [0.3, 0.4) is 0 Å². The molecule has 2 amide bonds. The van der Waals surface area contributed by atoms with Gasteiger partial charge in [-0.2, -0.15) is 0 Å². The van der Waals surface area contributed by atoms with Gasteiger partial charge in [0.2, 0.25) is 0 Å². The molecule has 0 spiro atoms. The Kier molecular flexibility index (Phi) is 3.98. The average molecular weight is 380 g/mol. The number of hydrogen-bond acceptors (Lipinski definition) is 5. The summed E-state index contributed by atoms with van der Waals surface area (Å²) >= 11 is 1.55. The first-order chi connectivity index (χ1) is 13.2. The smallest absolute Gasteiger partial charge is 0.315 e. The molecule has 6 nitrogen and oxygen atoms in total. The van der Waals surface area contributed by atoms with Crippen molar-refractivity contribution in [3.05, 3.63) is 54.1 Å². The number of urea groups is 1. The number of nitrogens with zero attached hydrogens (tertiary/aromatic N) is 3. The van der Waals surface area contributed by atoms with Gasteiger partial charge in [0.05, 0.1) is 10.2 Å². The first kappa shape index (κ1) is 16.5. The Bertz CT molecular complexity index is 971. The van der Waals surface area contributed by atoms with Crippen LogP contribution in [0.4, 0.5) is 4.79 Å². The Hall–Kier alpha value is -2.64. The summed E-state index contributed by atoms with van der Waals surface area (Å²) in [5.74, 6) is 0.801. The van der Waals surface area contributed by atoms with Gasteiger partial charge in [-0.1, -0.05) is 35.6 Å². The van der Waals surface area contributed by atoms with E-state index in [0.717, 1.165) is 42.0 Å². The summed E-state index contributed by atoms with van der Waals surface area (Å²) in [7, 11) is 0. The quantitative estimate of drug-likeness (QED) is 0.753. The van der Waals surface area contributed by atoms with Crippen molar-refractivity contribution in [1.29, 1.82) is 0 Å². The number of nitrogens with two attached hydrogens (primary N) is 1. The Morgan fingerprint density at radius 1 is 1.19 bits per heavy atom. The van der Waals surface area contributed by atoms with Crippen molar-refractivity contribution in [1.82, 2.24) is 14.8 Å². The summed E-state index contributed by atoms with van der Waals surface area (Å²) in [5.41, 5.74) is 7.61. The monoisotopic (exact) mass is 380 g/mol. The molecular formula is C20H20N4O2S. The predicted octanol–water partition coefficient (Wildman–Crippen LogP) is 3.43. The van der Waals surface area contributed by atoms with E-state index >= 15 is 0 Å². The van der Waals surface area contributed by atoms with Gasteiger partial charge in [0.15, 0.2) is 0 Å². The highest BCUT2D eigenvalue weighted by molar-refractivity contribution is 7.20. The Balaban J connectivity index is 1.28. The zero-order valence-corrected chi connectivity index (χ0v) is 15.6. The summed E-state index contributed by atoms with van der Waals surface area (Å²) in [6, 6.07) is 16.6. The highest BCUT2D eigenvalue weighted by atomic mass is 32.1. The van der Waals surface area contributed by atoms with Gasteiger partial charge in [-0.15, -0.1) is 0 Å². The average Bonchev–Trinajstić information content (AvgIpc) is 3.34. The number of benzene rings is 2. The van der Waals surface area contributed by atoms with Gasteiger partial charge in [0.25, 0.3) is 5.19 Å². The molecule has 7 heteroatoms. The molecule has 0 radical (unpaired) electrons. The molecule has 2 N–H and O–H groups in total. The number of fused-ring (bicyclic) bond motifs is 3. The van der Waals surface area contributed by atoms with Gasteiger partial charge in [-0.25, -0.2) is 9.78 Å². The van der Waals surface area contributed by atoms with E-state index in [9.17, 15) is 4.79 Å². The second kappa shape index (κ2) is 6.51. The molecule has 138 valence electrons. The highest BCUT2D eigenvalue weighted by Crippen LogP contribution is 2.33. The van der Waals surface area contributed by atoms with Gasteiger partial charge in [0.1, 0.15) is 5.75 Å². The van der Waals surface area contributed by atoms with E-state index in [1.807, 2.05) is 36.4 Å². The number of likely N-dealkylation sites (tertiary alicyclic amines) is 2. The van der Waals surface area contributed by atoms with Crippen LogP contribution in [0.5, 0.6) is 10.9 Å². The Labute approximate surface area is 161 Å². The number of carbonyl (C=O) groups is 1. The molecule has 3 aromatic rings. The molecule has 5 rings (SSSR count). The number of piperazine rings is 1. The van der Waals surface area contributed by atoms with E-state index in [1.54, 1.807) is 16.2 Å². The third kappa shape index (κ3) is 3.13. The molecule has 2 atom stereocenters. The lowest BCUT2D eigenvalue weighted by atomic mass is 10.2. The minimum atomic E-state index is -0.298. The van der Waals surface area contributed by atoms with Crippen LogP contribution in [0.15, 0.2) is 48.5 Å². The Morgan fingerprint density at radius 2 is 2.07 bits per heavy atom. The molecule has 27 heavy (non-hydrogen) atoms. The Morgan fingerprint density at radius 3 is 2.85 bits per heavy atom. The van der Waals surface area contributed by atoms with Gasteiger partial charge in [-0.05, 0) is 36.2 Å². The van der Waals surface area contributed by atoms with Crippen LogP contribution < -0.4 is 10.5 Å². The number of primary amides is 1. The van der Waals surface area contributed by atoms with E-state index in [4.69, 9.17) is 10.5 Å². The fourth-order valence-electron chi connectivity index (χ4n) is 4.15. The van der Waals surface area contributed by atoms with Crippen molar-refractivity contribution in [2.75, 3.05) is 13.1 Å². The van der Waals surface area contributed by atoms with E-state index < -0.39 is 0 Å². The summed E-state index contributed by atoms with van der Waals surface area (Å²) in [4.78, 5) is 20.2. The van der Waals surface area contributed by atoms with Crippen LogP contribution in [0, 0.1) is 0 Å². The van der Waals surface area contributed by atoms with E-state index in [-0.39, 0.29) is 12.1 Å².